The summed E-state index contributed by atoms with van der Waals surface area (Å²) in [6, 6.07) is 6.15. The first-order valence-electron chi connectivity index (χ1n) is 3.95. The molecule has 0 spiro atoms. The molecule has 0 N–H and O–H groups in total. The van der Waals surface area contributed by atoms with Gasteiger partial charge in [-0.15, -0.1) is 24.0 Å². The van der Waals surface area contributed by atoms with Crippen LogP contribution in [0.15, 0.2) is 22.4 Å². The molecule has 0 radical (unpaired) electrons. The molecule has 0 bridgehead atoms. The molecular formula is C10H6BrNS2. The zero-order chi connectivity index (χ0) is 10.1. The van der Waals surface area contributed by atoms with Gasteiger partial charge in [0.1, 0.15) is 0 Å². The fraction of sp³-hybridized carbons (Fsp3) is 0.100. The van der Waals surface area contributed by atoms with E-state index in [1.54, 1.807) is 11.3 Å². The Morgan fingerprint density at radius 2 is 2.29 bits per heavy atom. The van der Waals surface area contributed by atoms with Gasteiger partial charge in [-0.3, -0.25) is 0 Å². The van der Waals surface area contributed by atoms with Gasteiger partial charge < -0.3 is 0 Å². The number of fused-ring (bicyclic) bond motifs is 1. The number of hydrogen-bond acceptors (Lipinski definition) is 3. The van der Waals surface area contributed by atoms with Gasteiger partial charge in [-0.25, -0.2) is 0 Å². The summed E-state index contributed by atoms with van der Waals surface area (Å²) in [7, 11) is 0. The fourth-order valence-electron chi connectivity index (χ4n) is 1.32. The van der Waals surface area contributed by atoms with Crippen LogP contribution < -0.4 is 0 Å². The van der Waals surface area contributed by atoms with Crippen molar-refractivity contribution >= 4 is 50.0 Å². The molecular weight excluding hydrogens is 278 g/mol. The monoisotopic (exact) mass is 283 g/mol. The topological polar surface area (TPSA) is 23.8 Å². The lowest BCUT2D eigenvalue weighted by atomic mass is 10.1. The highest BCUT2D eigenvalue weighted by molar-refractivity contribution is 9.08. The Kier molecular flexibility index (Phi) is 2.82. The van der Waals surface area contributed by atoms with Gasteiger partial charge in [0.05, 0.1) is 11.6 Å². The molecule has 14 heavy (non-hydrogen) atoms. The molecule has 0 aliphatic carbocycles. The Morgan fingerprint density at radius 1 is 1.50 bits per heavy atom. The lowest BCUT2D eigenvalue weighted by Gasteiger charge is -1.99. The highest BCUT2D eigenvalue weighted by Gasteiger charge is 2.06. The average molecular weight is 284 g/mol. The van der Waals surface area contributed by atoms with Crippen molar-refractivity contribution < 1.29 is 0 Å². The van der Waals surface area contributed by atoms with Crippen molar-refractivity contribution in [2.24, 2.45) is 0 Å². The SMILES string of the molecule is N#Cc1cc2c(S)csc2cc1CBr. The van der Waals surface area contributed by atoms with E-state index in [2.05, 4.69) is 34.6 Å². The van der Waals surface area contributed by atoms with E-state index in [0.29, 0.717) is 5.33 Å². The summed E-state index contributed by atoms with van der Waals surface area (Å²) in [4.78, 5) is 0.947. The first kappa shape index (κ1) is 10.0. The number of halogens is 1. The molecule has 0 atom stereocenters. The Balaban J connectivity index is 2.79. The maximum atomic E-state index is 8.95. The minimum atomic E-state index is 0.714. The molecule has 1 nitrogen and oxygen atoms in total. The minimum Gasteiger partial charge on any atom is -0.192 e. The van der Waals surface area contributed by atoms with E-state index in [9.17, 15) is 0 Å². The van der Waals surface area contributed by atoms with Crippen molar-refractivity contribution in [3.05, 3.63) is 28.6 Å². The number of hydrogen-bond donors (Lipinski definition) is 1. The third-order valence-electron chi connectivity index (χ3n) is 2.04. The van der Waals surface area contributed by atoms with Crippen LogP contribution in [0.5, 0.6) is 0 Å². The molecule has 0 fully saturated rings. The van der Waals surface area contributed by atoms with E-state index < -0.39 is 0 Å². The predicted octanol–water partition coefficient (Wildman–Crippen LogP) is 3.96. The van der Waals surface area contributed by atoms with Crippen LogP contribution in [0.3, 0.4) is 0 Å². The number of thiophene rings is 1. The molecule has 0 aliphatic rings. The highest BCUT2D eigenvalue weighted by Crippen LogP contribution is 2.31. The Hall–Kier alpha value is -0.500. The Labute approximate surface area is 99.9 Å². The average Bonchev–Trinajstić information content (AvgIpc) is 2.58. The van der Waals surface area contributed by atoms with Crippen LogP contribution in [-0.4, -0.2) is 0 Å². The number of alkyl halides is 1. The van der Waals surface area contributed by atoms with Gasteiger partial charge in [-0.05, 0) is 17.7 Å². The fourth-order valence-corrected chi connectivity index (χ4v) is 3.07. The number of thiol groups is 1. The molecule has 1 aromatic heterocycles. The highest BCUT2D eigenvalue weighted by atomic mass is 79.9. The van der Waals surface area contributed by atoms with Crippen LogP contribution in [0.4, 0.5) is 0 Å². The molecule has 2 rings (SSSR count). The summed E-state index contributed by atoms with van der Waals surface area (Å²) in [5.74, 6) is 0. The second kappa shape index (κ2) is 3.93. The van der Waals surface area contributed by atoms with Gasteiger partial charge in [0.15, 0.2) is 0 Å². The second-order valence-electron chi connectivity index (χ2n) is 2.87. The van der Waals surface area contributed by atoms with E-state index in [-0.39, 0.29) is 0 Å². The molecule has 1 heterocycles. The van der Waals surface area contributed by atoms with E-state index in [0.717, 1.165) is 21.4 Å². The molecule has 70 valence electrons. The second-order valence-corrected chi connectivity index (χ2v) is 4.83. The third kappa shape index (κ3) is 1.56. The van der Waals surface area contributed by atoms with Gasteiger partial charge >= 0.3 is 0 Å². The number of benzene rings is 1. The third-order valence-corrected chi connectivity index (χ3v) is 4.14. The van der Waals surface area contributed by atoms with Gasteiger partial charge in [0.2, 0.25) is 0 Å². The molecule has 0 aliphatic heterocycles. The number of nitrogens with zero attached hydrogens (tertiary/aromatic N) is 1. The van der Waals surface area contributed by atoms with Crippen molar-refractivity contribution in [1.82, 2.24) is 0 Å². The minimum absolute atomic E-state index is 0.714. The molecule has 2 aromatic rings. The van der Waals surface area contributed by atoms with Crippen LogP contribution in [0.25, 0.3) is 10.1 Å². The van der Waals surface area contributed by atoms with Gasteiger partial charge in [-0.1, -0.05) is 15.9 Å². The van der Waals surface area contributed by atoms with Gasteiger partial charge in [-0.2, -0.15) is 5.26 Å². The van der Waals surface area contributed by atoms with E-state index in [1.807, 2.05) is 17.5 Å². The van der Waals surface area contributed by atoms with Crippen LogP contribution >= 0.6 is 39.9 Å². The number of rotatable bonds is 1. The zero-order valence-electron chi connectivity index (χ0n) is 7.12. The normalized spacial score (nSPS) is 10.4. The van der Waals surface area contributed by atoms with Crippen molar-refractivity contribution in [1.29, 1.82) is 5.26 Å². The first-order valence-corrected chi connectivity index (χ1v) is 6.40. The van der Waals surface area contributed by atoms with Crippen molar-refractivity contribution in [3.8, 4) is 6.07 Å². The van der Waals surface area contributed by atoms with Crippen LogP contribution in [0.2, 0.25) is 0 Å². The summed E-state index contributed by atoms with van der Waals surface area (Å²) in [5, 5.41) is 12.7. The molecule has 4 heteroatoms. The standard InChI is InChI=1S/C10H6BrNS2/c11-3-6-2-10-8(1-7(6)4-12)9(13)5-14-10/h1-2,5,13H,3H2. The lowest BCUT2D eigenvalue weighted by molar-refractivity contribution is 1.39. The maximum absolute atomic E-state index is 8.95. The number of nitriles is 1. The predicted molar refractivity (Wildman–Crippen MR) is 66.4 cm³/mol. The van der Waals surface area contributed by atoms with Crippen LogP contribution in [0.1, 0.15) is 11.1 Å². The lowest BCUT2D eigenvalue weighted by Crippen LogP contribution is -1.84. The van der Waals surface area contributed by atoms with Crippen LogP contribution in [0, 0.1) is 11.3 Å². The van der Waals surface area contributed by atoms with Gasteiger partial charge in [0, 0.05) is 25.7 Å². The van der Waals surface area contributed by atoms with Crippen molar-refractivity contribution in [2.75, 3.05) is 0 Å². The van der Waals surface area contributed by atoms with Crippen molar-refractivity contribution in [2.45, 2.75) is 10.2 Å². The summed E-state index contributed by atoms with van der Waals surface area (Å²) in [6.45, 7) is 0. The molecule has 0 saturated carbocycles. The van der Waals surface area contributed by atoms with Crippen LogP contribution in [-0.2, 0) is 5.33 Å². The largest absolute Gasteiger partial charge is 0.192 e. The van der Waals surface area contributed by atoms with E-state index in [1.165, 1.54) is 4.70 Å². The Morgan fingerprint density at radius 3 is 2.93 bits per heavy atom. The summed E-state index contributed by atoms with van der Waals surface area (Å²) < 4.78 is 1.18. The molecule has 1 aromatic carbocycles. The van der Waals surface area contributed by atoms with E-state index in [4.69, 9.17) is 5.26 Å². The van der Waals surface area contributed by atoms with E-state index >= 15 is 0 Å². The summed E-state index contributed by atoms with van der Waals surface area (Å²) >= 11 is 9.37. The molecule has 0 amide bonds. The molecule has 0 unspecified atom stereocenters. The summed E-state index contributed by atoms with van der Waals surface area (Å²) in [5.41, 5.74) is 1.76. The first-order chi connectivity index (χ1) is 6.76. The summed E-state index contributed by atoms with van der Waals surface area (Å²) in [6.07, 6.45) is 0. The quantitative estimate of drug-likeness (QED) is 0.622. The maximum Gasteiger partial charge on any atom is 0.0995 e. The van der Waals surface area contributed by atoms with Crippen molar-refractivity contribution in [3.63, 3.8) is 0 Å². The molecule has 0 saturated heterocycles. The Bertz CT molecular complexity index is 525. The zero-order valence-corrected chi connectivity index (χ0v) is 10.4. The smallest absolute Gasteiger partial charge is 0.0995 e. The van der Waals surface area contributed by atoms with Gasteiger partial charge in [0.25, 0.3) is 0 Å².